The Bertz CT molecular complexity index is 358. The number of nitrogens with one attached hydrogen (secondary N) is 1. The molecule has 5 heteroatoms. The maximum atomic E-state index is 11.6. The largest absolute Gasteiger partial charge is 0.336 e. The van der Waals surface area contributed by atoms with Crippen molar-refractivity contribution in [3.63, 3.8) is 0 Å². The monoisotopic (exact) mass is 261 g/mol. The number of rotatable bonds is 2. The fourth-order valence-electron chi connectivity index (χ4n) is 3.10. The van der Waals surface area contributed by atoms with Crippen molar-refractivity contribution in [3.05, 3.63) is 0 Å². The van der Waals surface area contributed by atoms with Crippen molar-refractivity contribution in [1.29, 1.82) is 0 Å². The van der Waals surface area contributed by atoms with E-state index in [0.29, 0.717) is 5.92 Å². The van der Waals surface area contributed by atoms with E-state index >= 15 is 0 Å². The van der Waals surface area contributed by atoms with E-state index < -0.39 is 10.3 Å². The maximum Gasteiger partial charge on any atom is 0.336 e. The van der Waals surface area contributed by atoms with E-state index in [-0.39, 0.29) is 11.6 Å². The van der Waals surface area contributed by atoms with Gasteiger partial charge in [0.25, 0.3) is 0 Å². The molecule has 17 heavy (non-hydrogen) atoms. The van der Waals surface area contributed by atoms with Crippen LogP contribution in [-0.2, 0) is 14.5 Å². The van der Waals surface area contributed by atoms with Gasteiger partial charge in [0.1, 0.15) is 0 Å². The molecular weight excluding hydrogens is 238 g/mol. The second-order valence-electron chi connectivity index (χ2n) is 6.10. The average molecular weight is 261 g/mol. The van der Waals surface area contributed by atoms with Crippen LogP contribution in [0.2, 0.25) is 0 Å². The highest BCUT2D eigenvalue weighted by molar-refractivity contribution is 7.84. The van der Waals surface area contributed by atoms with Crippen LogP contribution in [0.3, 0.4) is 0 Å². The molecule has 2 rings (SSSR count). The Morgan fingerprint density at radius 3 is 2.47 bits per heavy atom. The summed E-state index contributed by atoms with van der Waals surface area (Å²) >= 11 is 0. The topological polar surface area (TPSA) is 55.4 Å². The van der Waals surface area contributed by atoms with Gasteiger partial charge >= 0.3 is 10.3 Å². The Balaban J connectivity index is 1.96. The van der Waals surface area contributed by atoms with Gasteiger partial charge in [-0.15, -0.1) is 0 Å². The minimum absolute atomic E-state index is 0.139. The molecule has 1 saturated heterocycles. The summed E-state index contributed by atoms with van der Waals surface area (Å²) in [4.78, 5) is 0. The summed E-state index contributed by atoms with van der Waals surface area (Å²) in [6, 6.07) is 0. The Morgan fingerprint density at radius 2 is 1.88 bits per heavy atom. The SMILES string of the molecule is CC1(C)C[C@H](CC2CCCCC2)OS(=O)(=O)N1. The van der Waals surface area contributed by atoms with Gasteiger partial charge in [0.15, 0.2) is 0 Å². The molecule has 0 radical (unpaired) electrons. The van der Waals surface area contributed by atoms with Gasteiger partial charge in [-0.3, -0.25) is 4.18 Å². The molecule has 0 aromatic heterocycles. The van der Waals surface area contributed by atoms with E-state index in [1.165, 1.54) is 32.1 Å². The van der Waals surface area contributed by atoms with E-state index in [9.17, 15) is 8.42 Å². The van der Waals surface area contributed by atoms with E-state index in [2.05, 4.69) is 4.72 Å². The van der Waals surface area contributed by atoms with Crippen LogP contribution in [0.4, 0.5) is 0 Å². The van der Waals surface area contributed by atoms with Crippen molar-refractivity contribution >= 4 is 10.3 Å². The van der Waals surface area contributed by atoms with Crippen molar-refractivity contribution in [2.24, 2.45) is 5.92 Å². The Morgan fingerprint density at radius 1 is 1.24 bits per heavy atom. The summed E-state index contributed by atoms with van der Waals surface area (Å²) in [5.41, 5.74) is -0.379. The lowest BCUT2D eigenvalue weighted by atomic mass is 9.83. The van der Waals surface area contributed by atoms with Crippen molar-refractivity contribution < 1.29 is 12.6 Å². The van der Waals surface area contributed by atoms with Gasteiger partial charge in [-0.25, -0.2) is 0 Å². The van der Waals surface area contributed by atoms with Crippen LogP contribution < -0.4 is 4.72 Å². The molecule has 1 heterocycles. The molecule has 1 atom stereocenters. The highest BCUT2D eigenvalue weighted by atomic mass is 32.2. The number of hydrogen-bond donors (Lipinski definition) is 1. The molecular formula is C12H23NO3S. The van der Waals surface area contributed by atoms with Gasteiger partial charge in [0.05, 0.1) is 6.10 Å². The fourth-order valence-corrected chi connectivity index (χ4v) is 4.42. The summed E-state index contributed by atoms with van der Waals surface area (Å²) in [5.74, 6) is 0.651. The molecule has 4 nitrogen and oxygen atoms in total. The smallest absolute Gasteiger partial charge is 0.255 e. The van der Waals surface area contributed by atoms with Crippen LogP contribution in [-0.4, -0.2) is 20.1 Å². The molecule has 2 fully saturated rings. The Kier molecular flexibility index (Phi) is 3.80. The normalized spacial score (nSPS) is 33.4. The first-order valence-corrected chi connectivity index (χ1v) is 7.99. The molecule has 1 saturated carbocycles. The van der Waals surface area contributed by atoms with E-state index in [1.807, 2.05) is 13.8 Å². The molecule has 1 aliphatic heterocycles. The maximum absolute atomic E-state index is 11.6. The molecule has 0 bridgehead atoms. The first kappa shape index (κ1) is 13.3. The standard InChI is InChI=1S/C12H23NO3S/c1-12(2)9-11(16-17(14,15)13-12)8-10-6-4-3-5-7-10/h10-11,13H,3-9H2,1-2H3/t11-/m0/s1. The Labute approximate surface area is 104 Å². The molecule has 100 valence electrons. The third-order valence-corrected chi connectivity index (χ3v) is 5.05. The zero-order valence-corrected chi connectivity index (χ0v) is 11.6. The number of hydrogen-bond acceptors (Lipinski definition) is 3. The fraction of sp³-hybridized carbons (Fsp3) is 1.00. The molecule has 0 spiro atoms. The van der Waals surface area contributed by atoms with Crippen molar-refractivity contribution in [2.45, 2.75) is 70.4 Å². The van der Waals surface area contributed by atoms with Crippen LogP contribution in [0.15, 0.2) is 0 Å². The zero-order chi connectivity index (χ0) is 12.5. The second kappa shape index (κ2) is 4.86. The average Bonchev–Trinajstić information content (AvgIpc) is 2.13. The van der Waals surface area contributed by atoms with Crippen molar-refractivity contribution in [1.82, 2.24) is 4.72 Å². The van der Waals surface area contributed by atoms with Crippen molar-refractivity contribution in [3.8, 4) is 0 Å². The van der Waals surface area contributed by atoms with Crippen LogP contribution in [0, 0.1) is 5.92 Å². The lowest BCUT2D eigenvalue weighted by Gasteiger charge is -2.37. The molecule has 2 aliphatic rings. The van der Waals surface area contributed by atoms with Crippen LogP contribution in [0.1, 0.15) is 58.8 Å². The summed E-state index contributed by atoms with van der Waals surface area (Å²) < 4.78 is 30.9. The minimum atomic E-state index is -3.54. The van der Waals surface area contributed by atoms with Crippen LogP contribution in [0.25, 0.3) is 0 Å². The highest BCUT2D eigenvalue weighted by Crippen LogP contribution is 2.32. The van der Waals surface area contributed by atoms with Crippen molar-refractivity contribution in [2.75, 3.05) is 0 Å². The molecule has 0 aromatic carbocycles. The molecule has 0 amide bonds. The van der Waals surface area contributed by atoms with E-state index in [4.69, 9.17) is 4.18 Å². The van der Waals surface area contributed by atoms with Gasteiger partial charge in [-0.1, -0.05) is 32.1 Å². The summed E-state index contributed by atoms with van der Waals surface area (Å²) in [5, 5.41) is 0. The third-order valence-electron chi connectivity index (χ3n) is 3.72. The zero-order valence-electron chi connectivity index (χ0n) is 10.7. The van der Waals surface area contributed by atoms with Crippen LogP contribution >= 0.6 is 0 Å². The van der Waals surface area contributed by atoms with E-state index in [1.54, 1.807) is 0 Å². The predicted octanol–water partition coefficient (Wildman–Crippen LogP) is 2.36. The third kappa shape index (κ3) is 3.93. The first-order valence-electron chi connectivity index (χ1n) is 6.58. The second-order valence-corrected chi connectivity index (χ2v) is 7.41. The molecule has 1 N–H and O–H groups in total. The first-order chi connectivity index (χ1) is 7.86. The lowest BCUT2D eigenvalue weighted by molar-refractivity contribution is 0.100. The summed E-state index contributed by atoms with van der Waals surface area (Å²) in [6.07, 6.45) is 7.87. The van der Waals surface area contributed by atoms with Crippen LogP contribution in [0.5, 0.6) is 0 Å². The van der Waals surface area contributed by atoms with E-state index in [0.717, 1.165) is 12.8 Å². The molecule has 0 unspecified atom stereocenters. The predicted molar refractivity (Wildman–Crippen MR) is 66.8 cm³/mol. The van der Waals surface area contributed by atoms with Gasteiger partial charge in [-0.2, -0.15) is 13.1 Å². The summed E-state index contributed by atoms with van der Waals surface area (Å²) in [7, 11) is -3.54. The Hall–Kier alpha value is -0.130. The minimum Gasteiger partial charge on any atom is -0.255 e. The molecule has 0 aromatic rings. The van der Waals surface area contributed by atoms with Gasteiger partial charge < -0.3 is 0 Å². The summed E-state index contributed by atoms with van der Waals surface area (Å²) in [6.45, 7) is 3.84. The molecule has 1 aliphatic carbocycles. The lowest BCUT2D eigenvalue weighted by Crippen LogP contribution is -2.52. The quantitative estimate of drug-likeness (QED) is 0.830. The van der Waals surface area contributed by atoms with Gasteiger partial charge in [0, 0.05) is 5.54 Å². The van der Waals surface area contributed by atoms with Gasteiger partial charge in [0.2, 0.25) is 0 Å². The van der Waals surface area contributed by atoms with Gasteiger partial charge in [-0.05, 0) is 32.6 Å². The highest BCUT2D eigenvalue weighted by Gasteiger charge is 2.37.